The van der Waals surface area contributed by atoms with Crippen molar-refractivity contribution in [2.75, 3.05) is 0 Å². The number of carboxylic acid groups (broad SMARTS) is 2. The molecule has 0 fully saturated rings. The van der Waals surface area contributed by atoms with Crippen LogP contribution in [0.4, 0.5) is 0 Å². The van der Waals surface area contributed by atoms with E-state index >= 15 is 0 Å². The van der Waals surface area contributed by atoms with Crippen LogP contribution in [0.15, 0.2) is 23.8 Å². The number of carbonyl (C=O) groups is 2. The maximum absolute atomic E-state index is 11.2. The van der Waals surface area contributed by atoms with Gasteiger partial charge in [0.2, 0.25) is 0 Å². The van der Waals surface area contributed by atoms with Crippen molar-refractivity contribution in [2.45, 2.75) is 90.4 Å². The maximum Gasteiger partial charge on any atom is 0.331 e. The molecule has 0 rings (SSSR count). The average molecular weight is 338 g/mol. The lowest BCUT2D eigenvalue weighted by molar-refractivity contribution is -0.137. The fraction of sp³-hybridized carbons (Fsp3) is 0.700. The zero-order valence-corrected chi connectivity index (χ0v) is 15.1. The molecule has 0 spiro atoms. The van der Waals surface area contributed by atoms with Crippen molar-refractivity contribution in [3.8, 4) is 0 Å². The van der Waals surface area contributed by atoms with Crippen molar-refractivity contribution in [1.82, 2.24) is 0 Å². The summed E-state index contributed by atoms with van der Waals surface area (Å²) in [5.41, 5.74) is 0.496. The van der Waals surface area contributed by atoms with Crippen LogP contribution in [0.5, 0.6) is 0 Å². The fourth-order valence-electron chi connectivity index (χ4n) is 2.51. The maximum atomic E-state index is 11.2. The molecule has 0 bridgehead atoms. The van der Waals surface area contributed by atoms with Gasteiger partial charge in [0, 0.05) is 12.0 Å². The monoisotopic (exact) mass is 338 g/mol. The summed E-state index contributed by atoms with van der Waals surface area (Å²) in [6, 6.07) is 0. The second-order valence-corrected chi connectivity index (χ2v) is 6.24. The number of allylic oxidation sites excluding steroid dienone is 3. The van der Waals surface area contributed by atoms with Gasteiger partial charge in [-0.3, -0.25) is 4.79 Å². The largest absolute Gasteiger partial charge is 0.481 e. The van der Waals surface area contributed by atoms with Gasteiger partial charge in [0.25, 0.3) is 0 Å². The molecule has 0 unspecified atom stereocenters. The summed E-state index contributed by atoms with van der Waals surface area (Å²) in [5.74, 6) is -1.57. The third-order valence-corrected chi connectivity index (χ3v) is 3.98. The number of unbranched alkanes of at least 4 members (excludes halogenated alkanes) is 8. The van der Waals surface area contributed by atoms with Gasteiger partial charge in [0.15, 0.2) is 0 Å². The minimum absolute atomic E-state index is 0.223. The molecular weight excluding hydrogens is 304 g/mol. The Hall–Kier alpha value is -1.58. The van der Waals surface area contributed by atoms with Crippen LogP contribution in [0.3, 0.4) is 0 Å². The van der Waals surface area contributed by atoms with Crippen LogP contribution in [-0.2, 0) is 9.59 Å². The molecule has 0 saturated heterocycles. The molecule has 4 heteroatoms. The van der Waals surface area contributed by atoms with E-state index < -0.39 is 11.9 Å². The summed E-state index contributed by atoms with van der Waals surface area (Å²) < 4.78 is 0. The highest BCUT2D eigenvalue weighted by molar-refractivity contribution is 5.86. The van der Waals surface area contributed by atoms with Crippen LogP contribution >= 0.6 is 0 Å². The van der Waals surface area contributed by atoms with Gasteiger partial charge in [-0.2, -0.15) is 0 Å². The molecule has 0 aliphatic rings. The second kappa shape index (κ2) is 16.3. The molecule has 0 atom stereocenters. The predicted octanol–water partition coefficient (Wildman–Crippen LogP) is 5.73. The van der Waals surface area contributed by atoms with E-state index in [-0.39, 0.29) is 6.42 Å². The van der Waals surface area contributed by atoms with Crippen LogP contribution in [-0.4, -0.2) is 22.2 Å². The van der Waals surface area contributed by atoms with Gasteiger partial charge in [-0.25, -0.2) is 4.79 Å². The number of carboxylic acids is 2. The molecule has 0 aliphatic heterocycles. The number of hydrogen-bond donors (Lipinski definition) is 2. The summed E-state index contributed by atoms with van der Waals surface area (Å²) in [5, 5.41) is 17.8. The molecule has 0 aromatic rings. The molecule has 2 N–H and O–H groups in total. The normalized spacial score (nSPS) is 12.0. The lowest BCUT2D eigenvalue weighted by Gasteiger charge is -2.01. The van der Waals surface area contributed by atoms with Crippen LogP contribution in [0, 0.1) is 0 Å². The first kappa shape index (κ1) is 22.4. The molecule has 0 aliphatic carbocycles. The van der Waals surface area contributed by atoms with Crippen LogP contribution in [0.25, 0.3) is 0 Å². The van der Waals surface area contributed by atoms with Gasteiger partial charge >= 0.3 is 11.9 Å². The first-order chi connectivity index (χ1) is 11.6. The quantitative estimate of drug-likeness (QED) is 0.214. The van der Waals surface area contributed by atoms with Gasteiger partial charge in [-0.05, 0) is 44.9 Å². The van der Waals surface area contributed by atoms with Crippen molar-refractivity contribution in [1.29, 1.82) is 0 Å². The standard InChI is InChI=1S/C20H34O4/c1-2-3-4-5-6-7-9-12-15-18(20(23)24)16-13-10-8-11-14-17-19(21)22/h7,9,16H,2-6,8,10-15,17H2,1H3,(H,21,22)(H,23,24). The third kappa shape index (κ3) is 15.3. The highest BCUT2D eigenvalue weighted by Crippen LogP contribution is 2.12. The highest BCUT2D eigenvalue weighted by Gasteiger charge is 2.05. The molecule has 138 valence electrons. The van der Waals surface area contributed by atoms with Crippen LogP contribution in [0.2, 0.25) is 0 Å². The van der Waals surface area contributed by atoms with Gasteiger partial charge < -0.3 is 10.2 Å². The van der Waals surface area contributed by atoms with Crippen LogP contribution < -0.4 is 0 Å². The minimum Gasteiger partial charge on any atom is -0.481 e. The smallest absolute Gasteiger partial charge is 0.331 e. The van der Waals surface area contributed by atoms with Crippen LogP contribution in [0.1, 0.15) is 90.4 Å². The molecule has 0 aromatic heterocycles. The topological polar surface area (TPSA) is 74.6 Å². The zero-order chi connectivity index (χ0) is 18.0. The van der Waals surface area contributed by atoms with E-state index in [0.717, 1.165) is 38.5 Å². The van der Waals surface area contributed by atoms with E-state index in [4.69, 9.17) is 5.11 Å². The van der Waals surface area contributed by atoms with E-state index in [1.807, 2.05) is 6.08 Å². The Morgan fingerprint density at radius 3 is 2.04 bits per heavy atom. The van der Waals surface area contributed by atoms with Crippen molar-refractivity contribution in [3.05, 3.63) is 23.8 Å². The van der Waals surface area contributed by atoms with Crippen molar-refractivity contribution >= 4 is 11.9 Å². The molecule has 0 heterocycles. The molecular formula is C20H34O4. The Morgan fingerprint density at radius 2 is 1.38 bits per heavy atom. The molecule has 4 nitrogen and oxygen atoms in total. The highest BCUT2D eigenvalue weighted by atomic mass is 16.4. The van der Waals surface area contributed by atoms with Crippen molar-refractivity contribution in [2.24, 2.45) is 0 Å². The average Bonchev–Trinajstić information content (AvgIpc) is 2.53. The van der Waals surface area contributed by atoms with E-state index in [1.165, 1.54) is 25.7 Å². The Labute approximate surface area is 146 Å². The Bertz CT molecular complexity index is 396. The van der Waals surface area contributed by atoms with E-state index in [2.05, 4.69) is 19.1 Å². The molecule has 24 heavy (non-hydrogen) atoms. The van der Waals surface area contributed by atoms with Gasteiger partial charge in [0.05, 0.1) is 0 Å². The Balaban J connectivity index is 3.81. The van der Waals surface area contributed by atoms with Gasteiger partial charge in [-0.1, -0.05) is 57.3 Å². The molecule has 0 saturated carbocycles. The number of aliphatic carboxylic acids is 2. The Morgan fingerprint density at radius 1 is 0.750 bits per heavy atom. The van der Waals surface area contributed by atoms with Crippen molar-refractivity contribution in [3.63, 3.8) is 0 Å². The second-order valence-electron chi connectivity index (χ2n) is 6.24. The predicted molar refractivity (Wildman–Crippen MR) is 98.2 cm³/mol. The summed E-state index contributed by atoms with van der Waals surface area (Å²) in [7, 11) is 0. The number of rotatable bonds is 16. The van der Waals surface area contributed by atoms with Gasteiger partial charge in [0.1, 0.15) is 0 Å². The Kier molecular flexibility index (Phi) is 15.2. The first-order valence-electron chi connectivity index (χ1n) is 9.37. The fourth-order valence-corrected chi connectivity index (χ4v) is 2.51. The summed E-state index contributed by atoms with van der Waals surface area (Å²) in [6.07, 6.45) is 18.0. The molecule has 0 amide bonds. The molecule has 0 aromatic carbocycles. The lowest BCUT2D eigenvalue weighted by Crippen LogP contribution is -2.00. The summed E-state index contributed by atoms with van der Waals surface area (Å²) in [4.78, 5) is 21.6. The molecule has 0 radical (unpaired) electrons. The van der Waals surface area contributed by atoms with Crippen molar-refractivity contribution < 1.29 is 19.8 Å². The summed E-state index contributed by atoms with van der Waals surface area (Å²) >= 11 is 0. The minimum atomic E-state index is -0.822. The van der Waals surface area contributed by atoms with E-state index in [9.17, 15) is 14.7 Å². The SMILES string of the molecule is CCCCCCC=CCCC(=CCCCCCCC(=O)O)C(=O)O. The van der Waals surface area contributed by atoms with Gasteiger partial charge in [-0.15, -0.1) is 0 Å². The lowest BCUT2D eigenvalue weighted by atomic mass is 10.1. The zero-order valence-electron chi connectivity index (χ0n) is 15.1. The van der Waals surface area contributed by atoms with E-state index in [1.54, 1.807) is 0 Å². The van der Waals surface area contributed by atoms with E-state index in [0.29, 0.717) is 18.4 Å². The number of hydrogen-bond acceptors (Lipinski definition) is 2. The third-order valence-electron chi connectivity index (χ3n) is 3.98. The summed E-state index contributed by atoms with van der Waals surface area (Å²) in [6.45, 7) is 2.20. The first-order valence-corrected chi connectivity index (χ1v) is 9.37.